The Hall–Kier alpha value is -1.59. The van der Waals surface area contributed by atoms with Gasteiger partial charge in [-0.2, -0.15) is 0 Å². The zero-order valence-corrected chi connectivity index (χ0v) is 18.5. The summed E-state index contributed by atoms with van der Waals surface area (Å²) in [6, 6.07) is 4.54. The second kappa shape index (κ2) is 6.23. The van der Waals surface area contributed by atoms with E-state index in [1.807, 2.05) is 13.0 Å². The third kappa shape index (κ3) is 2.09. The maximum Gasteiger partial charge on any atom is 0.177 e. The average molecular weight is 412 g/mol. The van der Waals surface area contributed by atoms with Crippen molar-refractivity contribution in [3.63, 3.8) is 0 Å². The lowest BCUT2D eigenvalue weighted by molar-refractivity contribution is -0.231. The number of Topliss-reactive ketones (excluding diaryl/α,β-unsaturated/α-hetero) is 1. The fourth-order valence-electron chi connectivity index (χ4n) is 7.41. The monoisotopic (exact) mass is 411 g/mol. The highest BCUT2D eigenvalue weighted by atomic mass is 16.5. The Morgan fingerprint density at radius 1 is 1.27 bits per heavy atom. The molecule has 1 spiro atoms. The third-order valence-corrected chi connectivity index (χ3v) is 8.87. The fraction of sp³-hybridized carbons (Fsp3) is 0.720. The maximum atomic E-state index is 13.5. The summed E-state index contributed by atoms with van der Waals surface area (Å²) in [5.41, 5.74) is 0.867. The van der Waals surface area contributed by atoms with Crippen molar-refractivity contribution in [2.75, 3.05) is 26.8 Å². The van der Waals surface area contributed by atoms with Crippen LogP contribution in [0.25, 0.3) is 0 Å². The molecular formula is C25H33NO4. The largest absolute Gasteiger partial charge is 0.493 e. The number of nitrogens with zero attached hydrogens (tertiary/aromatic N) is 1. The Morgan fingerprint density at radius 3 is 2.83 bits per heavy atom. The number of piperidine rings is 1. The average Bonchev–Trinajstić information content (AvgIpc) is 3.51. The highest BCUT2D eigenvalue weighted by Crippen LogP contribution is 2.69. The summed E-state index contributed by atoms with van der Waals surface area (Å²) in [6.07, 6.45) is 6.90. The van der Waals surface area contributed by atoms with Crippen molar-refractivity contribution in [1.29, 1.82) is 0 Å². The van der Waals surface area contributed by atoms with Crippen molar-refractivity contribution in [3.8, 4) is 11.5 Å². The lowest BCUT2D eigenvalue weighted by Crippen LogP contribution is -2.80. The van der Waals surface area contributed by atoms with E-state index in [4.69, 9.17) is 14.2 Å². The van der Waals surface area contributed by atoms with Crippen LogP contribution >= 0.6 is 0 Å². The summed E-state index contributed by atoms with van der Waals surface area (Å²) in [5, 5.41) is 0. The molecule has 2 aliphatic heterocycles. The number of ether oxygens (including phenoxy) is 3. The van der Waals surface area contributed by atoms with Crippen LogP contribution in [-0.2, 0) is 21.4 Å². The molecule has 6 rings (SSSR count). The molecule has 1 aromatic rings. The molecule has 2 bridgehead atoms. The summed E-state index contributed by atoms with van der Waals surface area (Å²) in [5.74, 6) is 2.60. The molecule has 162 valence electrons. The van der Waals surface area contributed by atoms with E-state index < -0.39 is 11.0 Å². The number of benzene rings is 1. The summed E-state index contributed by atoms with van der Waals surface area (Å²) >= 11 is 0. The standard InChI is InChI=1S/C25H33NO4/c1-4-13-29-25-10-9-20(27)23(2)24(25)11-12-26(15-16-5-6-16)19(25)14-17-7-8-18(28-3)22(30-23)21(17)24/h7-8,16,19H,4-6,9-15H2,1-3H3/t19-,23+,24+,25-/m1/s1. The topological polar surface area (TPSA) is 48.0 Å². The zero-order valence-electron chi connectivity index (χ0n) is 18.5. The highest BCUT2D eigenvalue weighted by Gasteiger charge is 2.78. The molecule has 0 N–H and O–H groups in total. The Kier molecular flexibility index (Phi) is 3.97. The molecule has 2 heterocycles. The van der Waals surface area contributed by atoms with Crippen LogP contribution in [-0.4, -0.2) is 54.7 Å². The molecule has 3 fully saturated rings. The van der Waals surface area contributed by atoms with Crippen LogP contribution in [0.3, 0.4) is 0 Å². The number of carbonyl (C=O) groups is 1. The van der Waals surface area contributed by atoms with E-state index in [0.29, 0.717) is 12.5 Å². The van der Waals surface area contributed by atoms with Gasteiger partial charge in [-0.1, -0.05) is 13.0 Å². The maximum absolute atomic E-state index is 13.5. The van der Waals surface area contributed by atoms with Gasteiger partial charge < -0.3 is 14.2 Å². The number of methoxy groups -OCH3 is 1. The van der Waals surface area contributed by atoms with Crippen molar-refractivity contribution in [3.05, 3.63) is 23.3 Å². The predicted octanol–water partition coefficient (Wildman–Crippen LogP) is 3.65. The van der Waals surface area contributed by atoms with Gasteiger partial charge in [0.25, 0.3) is 0 Å². The number of rotatable bonds is 6. The molecule has 0 aromatic heterocycles. The molecule has 0 amide bonds. The van der Waals surface area contributed by atoms with Crippen molar-refractivity contribution in [2.45, 2.75) is 81.5 Å². The molecule has 2 saturated carbocycles. The van der Waals surface area contributed by atoms with Crippen LogP contribution in [0.4, 0.5) is 0 Å². The molecule has 30 heavy (non-hydrogen) atoms. The van der Waals surface area contributed by atoms with Crippen LogP contribution in [0.2, 0.25) is 0 Å². The van der Waals surface area contributed by atoms with Crippen LogP contribution in [0.15, 0.2) is 12.1 Å². The van der Waals surface area contributed by atoms with Gasteiger partial charge in [0, 0.05) is 31.2 Å². The van der Waals surface area contributed by atoms with Gasteiger partial charge >= 0.3 is 0 Å². The SMILES string of the molecule is CCCO[C@@]12CCC(=O)[C@]3(C)Oc4c(OC)ccc5c4[C@@]31CCN(CC1CC1)[C@@H]2C5. The van der Waals surface area contributed by atoms with Gasteiger partial charge in [-0.15, -0.1) is 0 Å². The second-order valence-corrected chi connectivity index (χ2v) is 10.2. The number of likely N-dealkylation sites (tertiary alicyclic amines) is 1. The van der Waals surface area contributed by atoms with Crippen molar-refractivity contribution in [2.24, 2.45) is 5.92 Å². The molecule has 5 nitrogen and oxygen atoms in total. The van der Waals surface area contributed by atoms with E-state index in [1.54, 1.807) is 7.11 Å². The number of hydrogen-bond donors (Lipinski definition) is 0. The van der Waals surface area contributed by atoms with Gasteiger partial charge in [0.2, 0.25) is 0 Å². The Labute approximate surface area is 179 Å². The first kappa shape index (κ1) is 19.1. The number of carbonyl (C=O) groups excluding carboxylic acids is 1. The Balaban J connectivity index is 1.60. The minimum absolute atomic E-state index is 0.221. The van der Waals surface area contributed by atoms with Gasteiger partial charge in [0.05, 0.1) is 18.1 Å². The molecule has 4 atom stereocenters. The van der Waals surface area contributed by atoms with Gasteiger partial charge in [0.1, 0.15) is 0 Å². The molecule has 0 unspecified atom stereocenters. The minimum Gasteiger partial charge on any atom is -0.493 e. The quantitative estimate of drug-likeness (QED) is 0.715. The van der Waals surface area contributed by atoms with Crippen molar-refractivity contribution < 1.29 is 19.0 Å². The first-order valence-electron chi connectivity index (χ1n) is 11.8. The second-order valence-electron chi connectivity index (χ2n) is 10.2. The highest BCUT2D eigenvalue weighted by molar-refractivity contribution is 5.94. The van der Waals surface area contributed by atoms with Crippen LogP contribution in [0.5, 0.6) is 11.5 Å². The predicted molar refractivity (Wildman–Crippen MR) is 113 cm³/mol. The fourth-order valence-corrected chi connectivity index (χ4v) is 7.41. The van der Waals surface area contributed by atoms with E-state index >= 15 is 0 Å². The number of ketones is 1. The molecule has 1 saturated heterocycles. The van der Waals surface area contributed by atoms with Gasteiger partial charge in [-0.25, -0.2) is 0 Å². The van der Waals surface area contributed by atoms with E-state index in [0.717, 1.165) is 56.3 Å². The summed E-state index contributed by atoms with van der Waals surface area (Å²) in [7, 11) is 1.69. The first-order chi connectivity index (χ1) is 14.5. The lowest BCUT2D eigenvalue weighted by Gasteiger charge is -2.66. The van der Waals surface area contributed by atoms with E-state index in [2.05, 4.69) is 17.9 Å². The normalized spacial score (nSPS) is 38.9. The lowest BCUT2D eigenvalue weighted by atomic mass is 9.45. The Bertz CT molecular complexity index is 911. The summed E-state index contributed by atoms with van der Waals surface area (Å²) in [6.45, 7) is 7.13. The van der Waals surface area contributed by atoms with Crippen LogP contribution in [0, 0.1) is 5.92 Å². The molecule has 0 radical (unpaired) electrons. The molecule has 5 aliphatic rings. The van der Waals surface area contributed by atoms with Gasteiger partial charge in [0.15, 0.2) is 22.9 Å². The molecule has 3 aliphatic carbocycles. The van der Waals surface area contributed by atoms with Crippen molar-refractivity contribution in [1.82, 2.24) is 4.90 Å². The first-order valence-corrected chi connectivity index (χ1v) is 11.8. The van der Waals surface area contributed by atoms with Crippen LogP contribution in [0.1, 0.15) is 63.5 Å². The molecule has 5 heteroatoms. The van der Waals surface area contributed by atoms with Gasteiger partial charge in [-0.3, -0.25) is 9.69 Å². The van der Waals surface area contributed by atoms with E-state index in [1.165, 1.54) is 30.5 Å². The molecular weight excluding hydrogens is 378 g/mol. The summed E-state index contributed by atoms with van der Waals surface area (Å²) < 4.78 is 19.3. The van der Waals surface area contributed by atoms with E-state index in [9.17, 15) is 4.79 Å². The van der Waals surface area contributed by atoms with Crippen LogP contribution < -0.4 is 9.47 Å². The zero-order chi connectivity index (χ0) is 20.7. The van der Waals surface area contributed by atoms with E-state index in [-0.39, 0.29) is 11.4 Å². The molecule has 1 aromatic carbocycles. The number of hydrogen-bond acceptors (Lipinski definition) is 5. The van der Waals surface area contributed by atoms with Gasteiger partial charge in [-0.05, 0) is 69.5 Å². The summed E-state index contributed by atoms with van der Waals surface area (Å²) in [4.78, 5) is 16.2. The smallest absolute Gasteiger partial charge is 0.177 e. The Morgan fingerprint density at radius 2 is 2.10 bits per heavy atom. The minimum atomic E-state index is -0.880. The third-order valence-electron chi connectivity index (χ3n) is 8.87. The van der Waals surface area contributed by atoms with Crippen molar-refractivity contribution >= 4 is 5.78 Å².